The van der Waals surface area contributed by atoms with Crippen molar-refractivity contribution in [3.05, 3.63) is 29.3 Å². The quantitative estimate of drug-likeness (QED) is 0.600. The van der Waals surface area contributed by atoms with Crippen molar-refractivity contribution < 1.29 is 19.8 Å². The number of carbonyl (C=O) groups is 2. The molecule has 1 aliphatic rings. The Bertz CT molecular complexity index is 515. The molecule has 102 valence electrons. The number of carbonyl (C=O) groups excluding carboxylic acids is 2. The molecule has 2 unspecified atom stereocenters. The highest BCUT2D eigenvalue weighted by Crippen LogP contribution is 2.27. The normalized spacial score (nSPS) is 16.5. The van der Waals surface area contributed by atoms with E-state index in [0.29, 0.717) is 17.7 Å². The second-order valence-corrected chi connectivity index (χ2v) is 4.59. The van der Waals surface area contributed by atoms with E-state index in [1.54, 1.807) is 18.2 Å². The predicted octanol–water partition coefficient (Wildman–Crippen LogP) is -0.288. The van der Waals surface area contributed by atoms with Crippen LogP contribution in [0, 0.1) is 0 Å². The topological polar surface area (TPSA) is 98.7 Å². The molecule has 1 aromatic carbocycles. The minimum absolute atomic E-state index is 0.0278. The van der Waals surface area contributed by atoms with Crippen LogP contribution < -0.4 is 10.6 Å². The van der Waals surface area contributed by atoms with Crippen LogP contribution in [-0.2, 0) is 16.0 Å². The molecule has 6 nitrogen and oxygen atoms in total. The third kappa shape index (κ3) is 3.10. The maximum absolute atomic E-state index is 11.2. The molecular formula is C13H16N2O4. The fourth-order valence-electron chi connectivity index (χ4n) is 2.00. The number of aliphatic hydroxyl groups is 2. The zero-order valence-corrected chi connectivity index (χ0v) is 10.5. The van der Waals surface area contributed by atoms with Crippen molar-refractivity contribution in [2.75, 3.05) is 11.9 Å². The van der Waals surface area contributed by atoms with Crippen LogP contribution in [0.3, 0.4) is 0 Å². The zero-order chi connectivity index (χ0) is 14.0. The Balaban J connectivity index is 2.07. The van der Waals surface area contributed by atoms with Gasteiger partial charge in [0.05, 0.1) is 6.42 Å². The predicted molar refractivity (Wildman–Crippen MR) is 68.4 cm³/mol. The standard InChI is InChI=1S/C13H16N2O4/c1-7(16)14-6-11(17)13(19)9-3-2-8-5-12(18)15-10(8)4-9/h2-4,11,13,17,19H,5-6H2,1H3,(H,14,16)(H,15,18). The summed E-state index contributed by atoms with van der Waals surface area (Å²) in [5.41, 5.74) is 2.03. The van der Waals surface area contributed by atoms with E-state index < -0.39 is 12.2 Å². The Morgan fingerprint density at radius 1 is 1.47 bits per heavy atom. The van der Waals surface area contributed by atoms with E-state index in [0.717, 1.165) is 5.56 Å². The molecule has 0 radical (unpaired) electrons. The van der Waals surface area contributed by atoms with E-state index >= 15 is 0 Å². The number of fused-ring (bicyclic) bond motifs is 1. The van der Waals surface area contributed by atoms with Gasteiger partial charge in [0, 0.05) is 19.2 Å². The number of benzene rings is 1. The van der Waals surface area contributed by atoms with E-state index in [-0.39, 0.29) is 18.4 Å². The molecule has 1 heterocycles. The van der Waals surface area contributed by atoms with Crippen molar-refractivity contribution in [1.29, 1.82) is 0 Å². The van der Waals surface area contributed by atoms with Crippen molar-refractivity contribution in [2.24, 2.45) is 0 Å². The van der Waals surface area contributed by atoms with Crippen molar-refractivity contribution in [3.8, 4) is 0 Å². The lowest BCUT2D eigenvalue weighted by molar-refractivity contribution is -0.120. The van der Waals surface area contributed by atoms with Crippen molar-refractivity contribution in [2.45, 2.75) is 25.6 Å². The van der Waals surface area contributed by atoms with Gasteiger partial charge >= 0.3 is 0 Å². The molecule has 0 aromatic heterocycles. The SMILES string of the molecule is CC(=O)NCC(O)C(O)c1ccc2c(c1)NC(=O)C2. The summed E-state index contributed by atoms with van der Waals surface area (Å²) >= 11 is 0. The molecule has 1 aliphatic heterocycles. The molecule has 4 N–H and O–H groups in total. The maximum atomic E-state index is 11.2. The number of hydrogen-bond donors (Lipinski definition) is 4. The lowest BCUT2D eigenvalue weighted by atomic mass is 10.0. The van der Waals surface area contributed by atoms with E-state index in [4.69, 9.17) is 0 Å². The molecule has 2 rings (SSSR count). The Labute approximate surface area is 110 Å². The molecule has 1 aromatic rings. The maximum Gasteiger partial charge on any atom is 0.228 e. The molecule has 19 heavy (non-hydrogen) atoms. The molecule has 2 amide bonds. The van der Waals surface area contributed by atoms with Gasteiger partial charge in [0.15, 0.2) is 0 Å². The summed E-state index contributed by atoms with van der Waals surface area (Å²) in [5, 5.41) is 24.9. The molecule has 0 aliphatic carbocycles. The molecular weight excluding hydrogens is 248 g/mol. The number of nitrogens with one attached hydrogen (secondary N) is 2. The lowest BCUT2D eigenvalue weighted by Crippen LogP contribution is -2.34. The van der Waals surface area contributed by atoms with E-state index in [1.807, 2.05) is 0 Å². The summed E-state index contributed by atoms with van der Waals surface area (Å²) in [6.07, 6.45) is -1.88. The molecule has 0 saturated carbocycles. The van der Waals surface area contributed by atoms with Crippen molar-refractivity contribution in [1.82, 2.24) is 5.32 Å². The van der Waals surface area contributed by atoms with Crippen LogP contribution in [0.25, 0.3) is 0 Å². The Kier molecular flexibility index (Phi) is 3.82. The highest BCUT2D eigenvalue weighted by molar-refractivity contribution is 5.99. The van der Waals surface area contributed by atoms with E-state index in [2.05, 4.69) is 10.6 Å². The first-order valence-electron chi connectivity index (χ1n) is 6.00. The van der Waals surface area contributed by atoms with Gasteiger partial charge in [0.1, 0.15) is 12.2 Å². The second kappa shape index (κ2) is 5.38. The van der Waals surface area contributed by atoms with Gasteiger partial charge in [-0.3, -0.25) is 9.59 Å². The first-order chi connectivity index (χ1) is 8.97. The summed E-state index contributed by atoms with van der Waals surface area (Å²) in [4.78, 5) is 22.0. The van der Waals surface area contributed by atoms with Gasteiger partial charge in [-0.2, -0.15) is 0 Å². The number of amides is 2. The van der Waals surface area contributed by atoms with Crippen LogP contribution in [-0.4, -0.2) is 34.7 Å². The molecule has 0 saturated heterocycles. The fraction of sp³-hybridized carbons (Fsp3) is 0.385. The van der Waals surface area contributed by atoms with Gasteiger partial charge in [0.2, 0.25) is 11.8 Å². The summed E-state index contributed by atoms with van der Waals surface area (Å²) in [5.74, 6) is -0.354. The Morgan fingerprint density at radius 3 is 2.89 bits per heavy atom. The third-order valence-corrected chi connectivity index (χ3v) is 3.03. The average Bonchev–Trinajstić information content (AvgIpc) is 2.73. The summed E-state index contributed by atoms with van der Waals surface area (Å²) in [6, 6.07) is 5.06. The van der Waals surface area contributed by atoms with Gasteiger partial charge in [-0.25, -0.2) is 0 Å². The number of aliphatic hydroxyl groups excluding tert-OH is 2. The average molecular weight is 264 g/mol. The number of rotatable bonds is 4. The highest BCUT2D eigenvalue weighted by atomic mass is 16.3. The van der Waals surface area contributed by atoms with E-state index in [9.17, 15) is 19.8 Å². The van der Waals surface area contributed by atoms with Crippen LogP contribution in [0.5, 0.6) is 0 Å². The fourth-order valence-corrected chi connectivity index (χ4v) is 2.00. The molecule has 0 fully saturated rings. The first kappa shape index (κ1) is 13.5. The summed E-state index contributed by atoms with van der Waals surface area (Å²) < 4.78 is 0. The van der Waals surface area contributed by atoms with Gasteiger partial charge in [0.25, 0.3) is 0 Å². The molecule has 6 heteroatoms. The third-order valence-electron chi connectivity index (χ3n) is 3.03. The lowest BCUT2D eigenvalue weighted by Gasteiger charge is -2.19. The van der Waals surface area contributed by atoms with Gasteiger partial charge in [-0.1, -0.05) is 12.1 Å². The molecule has 0 bridgehead atoms. The first-order valence-corrected chi connectivity index (χ1v) is 6.00. The highest BCUT2D eigenvalue weighted by Gasteiger charge is 2.22. The van der Waals surface area contributed by atoms with E-state index in [1.165, 1.54) is 6.92 Å². The number of anilines is 1. The summed E-state index contributed by atoms with van der Waals surface area (Å²) in [6.45, 7) is 1.31. The van der Waals surface area contributed by atoms with Crippen molar-refractivity contribution >= 4 is 17.5 Å². The van der Waals surface area contributed by atoms with Crippen LogP contribution in [0.4, 0.5) is 5.69 Å². The second-order valence-electron chi connectivity index (χ2n) is 4.59. The monoisotopic (exact) mass is 264 g/mol. The zero-order valence-electron chi connectivity index (χ0n) is 10.5. The van der Waals surface area contributed by atoms with Gasteiger partial charge in [-0.15, -0.1) is 0 Å². The number of hydrogen-bond acceptors (Lipinski definition) is 4. The van der Waals surface area contributed by atoms with Crippen LogP contribution in [0.15, 0.2) is 18.2 Å². The van der Waals surface area contributed by atoms with Crippen LogP contribution in [0.2, 0.25) is 0 Å². The van der Waals surface area contributed by atoms with Gasteiger partial charge in [-0.05, 0) is 17.2 Å². The van der Waals surface area contributed by atoms with Crippen LogP contribution >= 0.6 is 0 Å². The molecule has 0 spiro atoms. The smallest absolute Gasteiger partial charge is 0.228 e. The molecule has 2 atom stereocenters. The minimum Gasteiger partial charge on any atom is -0.388 e. The van der Waals surface area contributed by atoms with Gasteiger partial charge < -0.3 is 20.8 Å². The Morgan fingerprint density at radius 2 is 2.21 bits per heavy atom. The Hall–Kier alpha value is -1.92. The largest absolute Gasteiger partial charge is 0.388 e. The minimum atomic E-state index is -1.12. The summed E-state index contributed by atoms with van der Waals surface area (Å²) in [7, 11) is 0. The van der Waals surface area contributed by atoms with Crippen molar-refractivity contribution in [3.63, 3.8) is 0 Å². The van der Waals surface area contributed by atoms with Crippen LogP contribution in [0.1, 0.15) is 24.2 Å².